The maximum atomic E-state index is 8.85. The molecule has 0 spiro atoms. The molecule has 0 bridgehead atoms. The zero-order chi connectivity index (χ0) is 10.7. The molecular formula is C10H8ClNO2S. The van der Waals surface area contributed by atoms with Crippen LogP contribution in [0.1, 0.15) is 5.56 Å². The summed E-state index contributed by atoms with van der Waals surface area (Å²) in [4.78, 5) is 3.96. The first-order chi connectivity index (χ1) is 7.28. The quantitative estimate of drug-likeness (QED) is 0.898. The molecule has 1 aromatic heterocycles. The third-order valence-corrected chi connectivity index (χ3v) is 2.81. The number of benzene rings is 1. The minimum Gasteiger partial charge on any atom is -0.431 e. The number of ether oxygens (including phenoxy) is 1. The molecule has 1 N–H and O–H groups in total. The lowest BCUT2D eigenvalue weighted by molar-refractivity contribution is 0.281. The van der Waals surface area contributed by atoms with Crippen LogP contribution in [0.15, 0.2) is 29.6 Å². The van der Waals surface area contributed by atoms with E-state index in [2.05, 4.69) is 4.98 Å². The first-order valence-corrected chi connectivity index (χ1v) is 5.52. The van der Waals surface area contributed by atoms with E-state index in [1.165, 1.54) is 11.3 Å². The molecule has 0 saturated heterocycles. The van der Waals surface area contributed by atoms with E-state index in [4.69, 9.17) is 21.4 Å². The molecule has 2 aromatic rings. The monoisotopic (exact) mass is 241 g/mol. The van der Waals surface area contributed by atoms with Gasteiger partial charge in [-0.2, -0.15) is 4.98 Å². The molecule has 3 nitrogen and oxygen atoms in total. The lowest BCUT2D eigenvalue weighted by atomic mass is 10.2. The average molecular weight is 242 g/mol. The van der Waals surface area contributed by atoms with Gasteiger partial charge in [-0.1, -0.05) is 35.1 Å². The first-order valence-electron chi connectivity index (χ1n) is 4.26. The van der Waals surface area contributed by atoms with Crippen molar-refractivity contribution in [1.29, 1.82) is 0 Å². The van der Waals surface area contributed by atoms with E-state index in [1.807, 2.05) is 0 Å². The summed E-state index contributed by atoms with van der Waals surface area (Å²) in [5.41, 5.74) is 0.847. The van der Waals surface area contributed by atoms with Gasteiger partial charge in [-0.3, -0.25) is 0 Å². The summed E-state index contributed by atoms with van der Waals surface area (Å²) >= 11 is 7.00. The standard InChI is InChI=1S/C10H8ClNO2S/c11-9-6-15-10(12-9)14-8-3-1-7(5-13)2-4-8/h1-4,6,13H,5H2. The summed E-state index contributed by atoms with van der Waals surface area (Å²) in [6, 6.07) is 7.15. The summed E-state index contributed by atoms with van der Waals surface area (Å²) in [6.07, 6.45) is 0. The maximum absolute atomic E-state index is 8.85. The second-order valence-electron chi connectivity index (χ2n) is 2.84. The lowest BCUT2D eigenvalue weighted by Crippen LogP contribution is -1.85. The summed E-state index contributed by atoms with van der Waals surface area (Å²) in [6.45, 7) is 0.0311. The zero-order valence-corrected chi connectivity index (χ0v) is 9.26. The highest BCUT2D eigenvalue weighted by molar-refractivity contribution is 7.11. The van der Waals surface area contributed by atoms with Crippen LogP contribution < -0.4 is 4.74 Å². The molecule has 0 fully saturated rings. The van der Waals surface area contributed by atoms with Gasteiger partial charge in [0.2, 0.25) is 0 Å². The number of nitrogens with zero attached hydrogens (tertiary/aromatic N) is 1. The van der Waals surface area contributed by atoms with Gasteiger partial charge in [-0.05, 0) is 17.7 Å². The SMILES string of the molecule is OCc1ccc(Oc2nc(Cl)cs2)cc1. The Balaban J connectivity index is 2.11. The molecule has 1 heterocycles. The van der Waals surface area contributed by atoms with Crippen LogP contribution in [0.3, 0.4) is 0 Å². The van der Waals surface area contributed by atoms with Gasteiger partial charge in [-0.15, -0.1) is 0 Å². The molecule has 0 radical (unpaired) electrons. The zero-order valence-electron chi connectivity index (χ0n) is 7.68. The van der Waals surface area contributed by atoms with Gasteiger partial charge in [0.25, 0.3) is 5.19 Å². The molecule has 1 aromatic carbocycles. The molecule has 0 aliphatic heterocycles. The number of aromatic nitrogens is 1. The van der Waals surface area contributed by atoms with Crippen molar-refractivity contribution in [3.05, 3.63) is 40.4 Å². The Morgan fingerprint density at radius 2 is 2.07 bits per heavy atom. The summed E-state index contributed by atoms with van der Waals surface area (Å²) < 4.78 is 5.44. The molecule has 0 atom stereocenters. The Morgan fingerprint density at radius 1 is 1.33 bits per heavy atom. The summed E-state index contributed by atoms with van der Waals surface area (Å²) in [5.74, 6) is 0.679. The maximum Gasteiger partial charge on any atom is 0.280 e. The summed E-state index contributed by atoms with van der Waals surface area (Å²) in [5, 5.41) is 11.5. The molecule has 5 heteroatoms. The predicted molar refractivity (Wildman–Crippen MR) is 59.6 cm³/mol. The van der Waals surface area contributed by atoms with Crippen molar-refractivity contribution in [3.63, 3.8) is 0 Å². The molecule has 78 valence electrons. The fourth-order valence-corrected chi connectivity index (χ4v) is 1.86. The largest absolute Gasteiger partial charge is 0.431 e. The van der Waals surface area contributed by atoms with Gasteiger partial charge >= 0.3 is 0 Å². The Hall–Kier alpha value is -1.10. The minimum atomic E-state index is 0.0311. The van der Waals surface area contributed by atoms with Crippen molar-refractivity contribution in [3.8, 4) is 10.9 Å². The van der Waals surface area contributed by atoms with Crippen molar-refractivity contribution >= 4 is 22.9 Å². The Bertz CT molecular complexity index is 441. The van der Waals surface area contributed by atoms with Crippen molar-refractivity contribution in [2.24, 2.45) is 0 Å². The molecule has 0 amide bonds. The van der Waals surface area contributed by atoms with Crippen molar-refractivity contribution in [1.82, 2.24) is 4.98 Å². The Morgan fingerprint density at radius 3 is 2.60 bits per heavy atom. The van der Waals surface area contributed by atoms with E-state index in [-0.39, 0.29) is 6.61 Å². The van der Waals surface area contributed by atoms with Gasteiger partial charge in [0.05, 0.1) is 6.61 Å². The second kappa shape index (κ2) is 4.61. The van der Waals surface area contributed by atoms with Gasteiger partial charge in [-0.25, -0.2) is 0 Å². The molecular weight excluding hydrogens is 234 g/mol. The second-order valence-corrected chi connectivity index (χ2v) is 4.05. The highest BCUT2D eigenvalue weighted by Gasteiger charge is 2.02. The molecule has 0 unspecified atom stereocenters. The third-order valence-electron chi connectivity index (χ3n) is 1.77. The van der Waals surface area contributed by atoms with E-state index in [0.29, 0.717) is 16.1 Å². The van der Waals surface area contributed by atoms with Gasteiger partial charge in [0.15, 0.2) is 0 Å². The number of aliphatic hydroxyl groups excluding tert-OH is 1. The normalized spacial score (nSPS) is 10.3. The third kappa shape index (κ3) is 2.68. The number of hydrogen-bond acceptors (Lipinski definition) is 4. The fraction of sp³-hybridized carbons (Fsp3) is 0.100. The van der Waals surface area contributed by atoms with Gasteiger partial charge < -0.3 is 9.84 Å². The van der Waals surface area contributed by atoms with E-state index in [9.17, 15) is 0 Å². The van der Waals surface area contributed by atoms with Crippen LogP contribution >= 0.6 is 22.9 Å². The van der Waals surface area contributed by atoms with Gasteiger partial charge in [0, 0.05) is 5.38 Å². The fourth-order valence-electron chi connectivity index (χ4n) is 1.05. The average Bonchev–Trinajstić information content (AvgIpc) is 2.65. The van der Waals surface area contributed by atoms with Crippen LogP contribution in [0.4, 0.5) is 0 Å². The van der Waals surface area contributed by atoms with Crippen LogP contribution in [-0.4, -0.2) is 10.1 Å². The number of halogens is 1. The smallest absolute Gasteiger partial charge is 0.280 e. The number of aliphatic hydroxyl groups is 1. The van der Waals surface area contributed by atoms with Crippen molar-refractivity contribution in [2.45, 2.75) is 6.61 Å². The van der Waals surface area contributed by atoms with E-state index < -0.39 is 0 Å². The van der Waals surface area contributed by atoms with E-state index >= 15 is 0 Å². The Kier molecular flexibility index (Phi) is 3.20. The summed E-state index contributed by atoms with van der Waals surface area (Å²) in [7, 11) is 0. The topological polar surface area (TPSA) is 42.4 Å². The van der Waals surface area contributed by atoms with Crippen molar-refractivity contribution in [2.75, 3.05) is 0 Å². The van der Waals surface area contributed by atoms with Crippen LogP contribution in [0, 0.1) is 0 Å². The van der Waals surface area contributed by atoms with Gasteiger partial charge in [0.1, 0.15) is 10.9 Å². The minimum absolute atomic E-state index is 0.0311. The highest BCUT2D eigenvalue weighted by atomic mass is 35.5. The molecule has 0 aliphatic rings. The number of hydrogen-bond donors (Lipinski definition) is 1. The highest BCUT2D eigenvalue weighted by Crippen LogP contribution is 2.26. The predicted octanol–water partition coefficient (Wildman–Crippen LogP) is 3.08. The van der Waals surface area contributed by atoms with Crippen LogP contribution in [0.2, 0.25) is 5.15 Å². The molecule has 15 heavy (non-hydrogen) atoms. The molecule has 2 rings (SSSR count). The van der Waals surface area contributed by atoms with Crippen LogP contribution in [-0.2, 0) is 6.61 Å². The number of rotatable bonds is 3. The molecule has 0 aliphatic carbocycles. The van der Waals surface area contributed by atoms with Crippen LogP contribution in [0.5, 0.6) is 10.9 Å². The Labute approximate surface area is 95.9 Å². The van der Waals surface area contributed by atoms with E-state index in [0.717, 1.165) is 5.56 Å². The lowest BCUT2D eigenvalue weighted by Gasteiger charge is -2.01. The number of thiazole rings is 1. The van der Waals surface area contributed by atoms with E-state index in [1.54, 1.807) is 29.6 Å². The van der Waals surface area contributed by atoms with Crippen molar-refractivity contribution < 1.29 is 9.84 Å². The van der Waals surface area contributed by atoms with Crippen LogP contribution in [0.25, 0.3) is 0 Å². The first kappa shape index (κ1) is 10.4. The molecule has 0 saturated carbocycles.